The van der Waals surface area contributed by atoms with Crippen molar-refractivity contribution in [1.82, 2.24) is 0 Å². The fourth-order valence-electron chi connectivity index (χ4n) is 2.74. The van der Waals surface area contributed by atoms with Gasteiger partial charge in [-0.2, -0.15) is 0 Å². The molecule has 5 nitrogen and oxygen atoms in total. The van der Waals surface area contributed by atoms with Crippen LogP contribution in [0.5, 0.6) is 5.75 Å². The molecule has 0 saturated heterocycles. The molecule has 3 rings (SSSR count). The Morgan fingerprint density at radius 1 is 1.29 bits per heavy atom. The fraction of sp³-hybridized carbons (Fsp3) is 0.222. The second kappa shape index (κ2) is 6.93. The zero-order valence-corrected chi connectivity index (χ0v) is 13.9. The van der Waals surface area contributed by atoms with Gasteiger partial charge in [0.05, 0.1) is 11.4 Å². The van der Waals surface area contributed by atoms with Crippen molar-refractivity contribution in [1.29, 1.82) is 0 Å². The molecule has 0 spiro atoms. The molecule has 0 fully saturated rings. The van der Waals surface area contributed by atoms with Gasteiger partial charge in [0, 0.05) is 17.5 Å². The molecule has 0 unspecified atom stereocenters. The van der Waals surface area contributed by atoms with E-state index in [1.807, 2.05) is 25.1 Å². The third-order valence-corrected chi connectivity index (χ3v) is 4.02. The van der Waals surface area contributed by atoms with Crippen LogP contribution in [0, 0.1) is 0 Å². The van der Waals surface area contributed by atoms with Crippen molar-refractivity contribution in [2.75, 3.05) is 16.8 Å². The van der Waals surface area contributed by atoms with E-state index in [0.29, 0.717) is 22.1 Å². The SMILES string of the molecule is C[C@H]1CC(=O)Nc2ccccc2N1C(=O)COc1cccc(Cl)c1. The molecule has 1 atom stereocenters. The molecular weight excluding hydrogens is 328 g/mol. The van der Waals surface area contributed by atoms with Gasteiger partial charge in [0.2, 0.25) is 5.91 Å². The van der Waals surface area contributed by atoms with Gasteiger partial charge in [-0.1, -0.05) is 29.8 Å². The summed E-state index contributed by atoms with van der Waals surface area (Å²) >= 11 is 5.92. The van der Waals surface area contributed by atoms with Gasteiger partial charge in [-0.15, -0.1) is 0 Å². The first-order valence-corrected chi connectivity index (χ1v) is 8.01. The van der Waals surface area contributed by atoms with E-state index in [0.717, 1.165) is 0 Å². The smallest absolute Gasteiger partial charge is 0.265 e. The van der Waals surface area contributed by atoms with E-state index in [9.17, 15) is 9.59 Å². The minimum atomic E-state index is -0.260. The normalized spacial score (nSPS) is 16.8. The number of hydrogen-bond acceptors (Lipinski definition) is 3. The molecule has 24 heavy (non-hydrogen) atoms. The fourth-order valence-corrected chi connectivity index (χ4v) is 2.92. The summed E-state index contributed by atoms with van der Waals surface area (Å²) in [5.74, 6) is 0.202. The third kappa shape index (κ3) is 3.51. The van der Waals surface area contributed by atoms with Gasteiger partial charge in [-0.3, -0.25) is 9.59 Å². The predicted octanol–water partition coefficient (Wildman–Crippen LogP) is 3.48. The van der Waals surface area contributed by atoms with Crippen molar-refractivity contribution in [3.63, 3.8) is 0 Å². The molecule has 1 N–H and O–H groups in total. The highest BCUT2D eigenvalue weighted by molar-refractivity contribution is 6.30. The topological polar surface area (TPSA) is 58.6 Å². The highest BCUT2D eigenvalue weighted by Crippen LogP contribution is 2.31. The molecule has 0 aliphatic carbocycles. The summed E-state index contributed by atoms with van der Waals surface area (Å²) in [6.45, 7) is 1.71. The second-order valence-electron chi connectivity index (χ2n) is 5.63. The van der Waals surface area contributed by atoms with Gasteiger partial charge in [0.15, 0.2) is 6.61 Å². The molecule has 0 bridgehead atoms. The standard InChI is InChI=1S/C18H17ClN2O3/c1-12-9-17(22)20-15-7-2-3-8-16(15)21(12)18(23)11-24-14-6-4-5-13(19)10-14/h2-8,10,12H,9,11H2,1H3,(H,20,22)/t12-/m0/s1. The van der Waals surface area contributed by atoms with E-state index < -0.39 is 0 Å². The summed E-state index contributed by atoms with van der Waals surface area (Å²) < 4.78 is 5.55. The number of para-hydroxylation sites is 2. The Bertz CT molecular complexity index is 778. The molecule has 1 heterocycles. The summed E-state index contributed by atoms with van der Waals surface area (Å²) in [4.78, 5) is 26.3. The minimum Gasteiger partial charge on any atom is -0.484 e. The van der Waals surface area contributed by atoms with E-state index in [1.165, 1.54) is 0 Å². The Morgan fingerprint density at radius 2 is 2.08 bits per heavy atom. The summed E-state index contributed by atoms with van der Waals surface area (Å²) in [7, 11) is 0. The van der Waals surface area contributed by atoms with Crippen molar-refractivity contribution in [2.24, 2.45) is 0 Å². The highest BCUT2D eigenvalue weighted by atomic mass is 35.5. The van der Waals surface area contributed by atoms with Crippen LogP contribution in [-0.4, -0.2) is 24.5 Å². The average molecular weight is 345 g/mol. The van der Waals surface area contributed by atoms with E-state index in [2.05, 4.69) is 5.32 Å². The number of carbonyl (C=O) groups is 2. The first kappa shape index (κ1) is 16.3. The number of nitrogens with zero attached hydrogens (tertiary/aromatic N) is 1. The van der Waals surface area contributed by atoms with Crippen LogP contribution in [0.4, 0.5) is 11.4 Å². The lowest BCUT2D eigenvalue weighted by molar-refractivity contribution is -0.121. The average Bonchev–Trinajstić information content (AvgIpc) is 2.67. The summed E-state index contributed by atoms with van der Waals surface area (Å²) in [6.07, 6.45) is 0.234. The lowest BCUT2D eigenvalue weighted by Crippen LogP contribution is -2.41. The quantitative estimate of drug-likeness (QED) is 0.927. The van der Waals surface area contributed by atoms with Crippen LogP contribution in [-0.2, 0) is 9.59 Å². The predicted molar refractivity (Wildman–Crippen MR) is 93.6 cm³/mol. The van der Waals surface area contributed by atoms with Gasteiger partial charge >= 0.3 is 0 Å². The van der Waals surface area contributed by atoms with Gasteiger partial charge in [0.25, 0.3) is 5.91 Å². The third-order valence-electron chi connectivity index (χ3n) is 3.79. The Morgan fingerprint density at radius 3 is 2.88 bits per heavy atom. The maximum atomic E-state index is 12.7. The molecule has 0 aromatic heterocycles. The van der Waals surface area contributed by atoms with Crippen molar-refractivity contribution >= 4 is 34.8 Å². The molecule has 6 heteroatoms. The Labute approximate surface area is 145 Å². The van der Waals surface area contributed by atoms with Crippen LogP contribution in [0.15, 0.2) is 48.5 Å². The van der Waals surface area contributed by atoms with Crippen molar-refractivity contribution in [3.05, 3.63) is 53.6 Å². The molecule has 2 amide bonds. The lowest BCUT2D eigenvalue weighted by Gasteiger charge is -2.27. The zero-order valence-electron chi connectivity index (χ0n) is 13.2. The number of amides is 2. The number of nitrogens with one attached hydrogen (secondary N) is 1. The minimum absolute atomic E-state index is 0.110. The van der Waals surface area contributed by atoms with Crippen LogP contribution < -0.4 is 15.0 Å². The number of anilines is 2. The molecule has 2 aromatic rings. The van der Waals surface area contributed by atoms with Crippen molar-refractivity contribution < 1.29 is 14.3 Å². The number of halogens is 1. The number of carbonyl (C=O) groups excluding carboxylic acids is 2. The van der Waals surface area contributed by atoms with Gasteiger partial charge in [-0.05, 0) is 37.3 Å². The van der Waals surface area contributed by atoms with Crippen molar-refractivity contribution in [2.45, 2.75) is 19.4 Å². The first-order chi connectivity index (χ1) is 11.5. The first-order valence-electron chi connectivity index (χ1n) is 7.64. The Kier molecular flexibility index (Phi) is 4.71. The van der Waals surface area contributed by atoms with E-state index >= 15 is 0 Å². The van der Waals surface area contributed by atoms with E-state index in [1.54, 1.807) is 35.2 Å². The number of hydrogen-bond donors (Lipinski definition) is 1. The number of ether oxygens (including phenoxy) is 1. The van der Waals surface area contributed by atoms with Crippen molar-refractivity contribution in [3.8, 4) is 5.75 Å². The Hall–Kier alpha value is -2.53. The molecule has 124 valence electrons. The van der Waals surface area contributed by atoms with Gasteiger partial charge in [-0.25, -0.2) is 0 Å². The molecular formula is C18H17ClN2O3. The summed E-state index contributed by atoms with van der Waals surface area (Å²) in [5, 5.41) is 3.37. The largest absolute Gasteiger partial charge is 0.484 e. The maximum Gasteiger partial charge on any atom is 0.265 e. The zero-order chi connectivity index (χ0) is 17.1. The molecule has 2 aromatic carbocycles. The Balaban J connectivity index is 1.81. The lowest BCUT2D eigenvalue weighted by atomic mass is 10.1. The van der Waals surface area contributed by atoms with Crippen LogP contribution in [0.3, 0.4) is 0 Å². The number of rotatable bonds is 3. The number of benzene rings is 2. The molecule has 1 aliphatic heterocycles. The second-order valence-corrected chi connectivity index (χ2v) is 6.06. The van der Waals surface area contributed by atoms with Gasteiger partial charge in [0.1, 0.15) is 5.75 Å². The molecule has 1 aliphatic rings. The molecule has 0 radical (unpaired) electrons. The molecule has 0 saturated carbocycles. The maximum absolute atomic E-state index is 12.7. The summed E-state index contributed by atoms with van der Waals surface area (Å²) in [5.41, 5.74) is 1.30. The van der Waals surface area contributed by atoms with Crippen LogP contribution in [0.1, 0.15) is 13.3 Å². The monoisotopic (exact) mass is 344 g/mol. The summed E-state index contributed by atoms with van der Waals surface area (Å²) in [6, 6.07) is 13.9. The van der Waals surface area contributed by atoms with Gasteiger partial charge < -0.3 is 15.0 Å². The van der Waals surface area contributed by atoms with Crippen LogP contribution in [0.25, 0.3) is 0 Å². The van der Waals surface area contributed by atoms with Crippen LogP contribution in [0.2, 0.25) is 5.02 Å². The highest BCUT2D eigenvalue weighted by Gasteiger charge is 2.29. The van der Waals surface area contributed by atoms with E-state index in [-0.39, 0.29) is 30.9 Å². The number of fused-ring (bicyclic) bond motifs is 1. The van der Waals surface area contributed by atoms with Crippen LogP contribution >= 0.6 is 11.6 Å². The van der Waals surface area contributed by atoms with E-state index in [4.69, 9.17) is 16.3 Å².